The fourth-order valence-electron chi connectivity index (χ4n) is 2.84. The van der Waals surface area contributed by atoms with Gasteiger partial charge < -0.3 is 10.4 Å². The van der Waals surface area contributed by atoms with Gasteiger partial charge in [0, 0.05) is 23.3 Å². The van der Waals surface area contributed by atoms with E-state index in [1.54, 1.807) is 0 Å². The van der Waals surface area contributed by atoms with Crippen LogP contribution in [0.1, 0.15) is 40.5 Å². The normalized spacial score (nSPS) is 41.4. The Bertz CT molecular complexity index is 265. The first-order valence-electron chi connectivity index (χ1n) is 6.33. The third-order valence-corrected chi connectivity index (χ3v) is 5.89. The first-order chi connectivity index (χ1) is 7.31. The van der Waals surface area contributed by atoms with E-state index in [1.807, 2.05) is 0 Å². The molecule has 2 aliphatic rings. The van der Waals surface area contributed by atoms with E-state index in [-0.39, 0.29) is 11.5 Å². The number of rotatable bonds is 2. The third-order valence-electron chi connectivity index (χ3n) is 4.26. The molecule has 1 heterocycles. The summed E-state index contributed by atoms with van der Waals surface area (Å²) in [6, 6.07) is 1.13. The Morgan fingerprint density at radius 1 is 1.25 bits per heavy atom. The van der Waals surface area contributed by atoms with Crippen molar-refractivity contribution in [3.05, 3.63) is 0 Å². The number of hydrogen-bond donors (Lipinski definition) is 2. The molecular weight excluding hydrogens is 218 g/mol. The van der Waals surface area contributed by atoms with E-state index in [4.69, 9.17) is 0 Å². The summed E-state index contributed by atoms with van der Waals surface area (Å²) in [4.78, 5) is 0. The Morgan fingerprint density at radius 3 is 2.44 bits per heavy atom. The summed E-state index contributed by atoms with van der Waals surface area (Å²) in [5, 5.41) is 13.5. The van der Waals surface area contributed by atoms with Gasteiger partial charge in [-0.15, -0.1) is 0 Å². The summed E-state index contributed by atoms with van der Waals surface area (Å²) in [5.74, 6) is 2.51. The summed E-state index contributed by atoms with van der Waals surface area (Å²) in [5.41, 5.74) is 0.527. The van der Waals surface area contributed by atoms with E-state index >= 15 is 0 Å². The van der Waals surface area contributed by atoms with Crippen LogP contribution in [0.3, 0.4) is 0 Å². The van der Waals surface area contributed by atoms with E-state index < -0.39 is 0 Å². The number of aliphatic hydroxyl groups excluding tert-OH is 1. The maximum absolute atomic E-state index is 9.73. The lowest BCUT2D eigenvalue weighted by atomic mass is 9.64. The Labute approximate surface area is 104 Å². The summed E-state index contributed by atoms with van der Waals surface area (Å²) in [6.45, 7) is 9.04. The maximum Gasteiger partial charge on any atom is 0.0621 e. The van der Waals surface area contributed by atoms with Crippen LogP contribution in [0.5, 0.6) is 0 Å². The average Bonchev–Trinajstić information content (AvgIpc) is 2.16. The SMILES string of the molecule is CC1(C)CSCC(NC2CC(O)C2(C)C)C1. The molecule has 3 heteroatoms. The van der Waals surface area contributed by atoms with Gasteiger partial charge in [-0.1, -0.05) is 27.7 Å². The predicted molar refractivity (Wildman–Crippen MR) is 70.8 cm³/mol. The summed E-state index contributed by atoms with van der Waals surface area (Å²) in [6.07, 6.45) is 2.08. The number of hydrogen-bond acceptors (Lipinski definition) is 3. The smallest absolute Gasteiger partial charge is 0.0621 e. The van der Waals surface area contributed by atoms with Crippen LogP contribution in [-0.4, -0.2) is 34.8 Å². The molecule has 16 heavy (non-hydrogen) atoms. The molecule has 2 N–H and O–H groups in total. The lowest BCUT2D eigenvalue weighted by Gasteiger charge is -2.52. The van der Waals surface area contributed by atoms with Gasteiger partial charge in [-0.25, -0.2) is 0 Å². The van der Waals surface area contributed by atoms with Gasteiger partial charge in [0.15, 0.2) is 0 Å². The molecule has 1 saturated heterocycles. The van der Waals surface area contributed by atoms with Gasteiger partial charge in [-0.05, 0) is 24.0 Å². The lowest BCUT2D eigenvalue weighted by Crippen LogP contribution is -2.63. The molecule has 0 radical (unpaired) electrons. The number of thioether (sulfide) groups is 1. The molecule has 2 fully saturated rings. The highest BCUT2D eigenvalue weighted by atomic mass is 32.2. The molecule has 0 spiro atoms. The highest BCUT2D eigenvalue weighted by Gasteiger charge is 2.48. The minimum Gasteiger partial charge on any atom is -0.392 e. The zero-order valence-electron chi connectivity index (χ0n) is 10.9. The van der Waals surface area contributed by atoms with Crippen molar-refractivity contribution in [2.75, 3.05) is 11.5 Å². The highest BCUT2D eigenvalue weighted by molar-refractivity contribution is 7.99. The second kappa shape index (κ2) is 4.18. The van der Waals surface area contributed by atoms with Crippen molar-refractivity contribution >= 4 is 11.8 Å². The molecule has 0 aromatic heterocycles. The van der Waals surface area contributed by atoms with Crippen LogP contribution in [-0.2, 0) is 0 Å². The summed E-state index contributed by atoms with van der Waals surface area (Å²) >= 11 is 2.06. The topological polar surface area (TPSA) is 32.3 Å². The predicted octanol–water partition coefficient (Wildman–Crippen LogP) is 2.27. The molecular formula is C13H25NOS. The van der Waals surface area contributed by atoms with Crippen molar-refractivity contribution in [3.63, 3.8) is 0 Å². The minimum atomic E-state index is -0.116. The van der Waals surface area contributed by atoms with Crippen LogP contribution in [0.4, 0.5) is 0 Å². The molecule has 0 amide bonds. The van der Waals surface area contributed by atoms with Crippen molar-refractivity contribution in [2.24, 2.45) is 10.8 Å². The van der Waals surface area contributed by atoms with Crippen LogP contribution in [0, 0.1) is 10.8 Å². The van der Waals surface area contributed by atoms with Crippen molar-refractivity contribution in [1.29, 1.82) is 0 Å². The minimum absolute atomic E-state index is 0.0618. The second-order valence-corrected chi connectivity index (χ2v) is 7.90. The monoisotopic (exact) mass is 243 g/mol. The number of nitrogens with one attached hydrogen (secondary N) is 1. The average molecular weight is 243 g/mol. The van der Waals surface area contributed by atoms with E-state index in [9.17, 15) is 5.11 Å². The third kappa shape index (κ3) is 2.41. The molecule has 3 atom stereocenters. The van der Waals surface area contributed by atoms with Crippen molar-refractivity contribution in [1.82, 2.24) is 5.32 Å². The number of aliphatic hydroxyl groups is 1. The zero-order valence-corrected chi connectivity index (χ0v) is 11.7. The standard InChI is InChI=1S/C13H25NOS/c1-12(2)6-9(7-16-8-12)14-10-5-11(15)13(10,3)4/h9-11,14-15H,5-8H2,1-4H3. The molecule has 2 rings (SSSR count). The highest BCUT2D eigenvalue weighted by Crippen LogP contribution is 2.42. The van der Waals surface area contributed by atoms with Gasteiger partial charge in [0.1, 0.15) is 0 Å². The van der Waals surface area contributed by atoms with Crippen LogP contribution >= 0.6 is 11.8 Å². The Kier molecular flexibility index (Phi) is 3.32. The van der Waals surface area contributed by atoms with Crippen molar-refractivity contribution in [2.45, 2.75) is 58.7 Å². The van der Waals surface area contributed by atoms with Gasteiger partial charge in [-0.2, -0.15) is 11.8 Å². The fraction of sp³-hybridized carbons (Fsp3) is 1.00. The largest absolute Gasteiger partial charge is 0.392 e. The molecule has 94 valence electrons. The maximum atomic E-state index is 9.73. The molecule has 0 aromatic rings. The first kappa shape index (κ1) is 12.7. The van der Waals surface area contributed by atoms with Gasteiger partial charge in [0.05, 0.1) is 6.10 Å². The molecule has 0 aromatic carbocycles. The van der Waals surface area contributed by atoms with Gasteiger partial charge in [-0.3, -0.25) is 0 Å². The first-order valence-corrected chi connectivity index (χ1v) is 7.49. The van der Waals surface area contributed by atoms with Gasteiger partial charge in [0.2, 0.25) is 0 Å². The van der Waals surface area contributed by atoms with E-state index in [1.165, 1.54) is 17.9 Å². The fourth-order valence-corrected chi connectivity index (χ4v) is 4.13. The van der Waals surface area contributed by atoms with Crippen LogP contribution in [0.15, 0.2) is 0 Å². The lowest BCUT2D eigenvalue weighted by molar-refractivity contribution is -0.0762. The van der Waals surface area contributed by atoms with Crippen molar-refractivity contribution < 1.29 is 5.11 Å². The van der Waals surface area contributed by atoms with E-state index in [0.29, 0.717) is 17.5 Å². The quantitative estimate of drug-likeness (QED) is 0.780. The molecule has 2 nitrogen and oxygen atoms in total. The summed E-state index contributed by atoms with van der Waals surface area (Å²) in [7, 11) is 0. The second-order valence-electron chi connectivity index (χ2n) is 6.87. The van der Waals surface area contributed by atoms with Crippen LogP contribution < -0.4 is 5.32 Å². The summed E-state index contributed by atoms with van der Waals surface area (Å²) < 4.78 is 0. The Hall–Kier alpha value is 0.270. The van der Waals surface area contributed by atoms with E-state index in [2.05, 4.69) is 44.8 Å². The molecule has 1 aliphatic heterocycles. The van der Waals surface area contributed by atoms with Gasteiger partial charge in [0.25, 0.3) is 0 Å². The van der Waals surface area contributed by atoms with Crippen LogP contribution in [0.25, 0.3) is 0 Å². The zero-order chi connectivity index (χ0) is 12.0. The Morgan fingerprint density at radius 2 is 1.94 bits per heavy atom. The van der Waals surface area contributed by atoms with Gasteiger partial charge >= 0.3 is 0 Å². The molecule has 1 saturated carbocycles. The Balaban J connectivity index is 1.87. The molecule has 0 bridgehead atoms. The van der Waals surface area contributed by atoms with Crippen LogP contribution in [0.2, 0.25) is 0 Å². The van der Waals surface area contributed by atoms with E-state index in [0.717, 1.165) is 6.42 Å². The molecule has 1 aliphatic carbocycles. The van der Waals surface area contributed by atoms with Crippen molar-refractivity contribution in [3.8, 4) is 0 Å². The molecule has 3 unspecified atom stereocenters.